The molecule has 0 fully saturated rings. The van der Waals surface area contributed by atoms with Gasteiger partial charge in [0, 0.05) is 0 Å². The first-order valence-electron chi connectivity index (χ1n) is 4.16. The smallest absolute Gasteiger partial charge is 0.146 e. The van der Waals surface area contributed by atoms with Gasteiger partial charge in [-0.1, -0.05) is 19.8 Å². The fourth-order valence-corrected chi connectivity index (χ4v) is 1.54. The van der Waals surface area contributed by atoms with E-state index in [1.807, 2.05) is 0 Å². The summed E-state index contributed by atoms with van der Waals surface area (Å²) in [5.41, 5.74) is 0. The molecular weight excluding hydrogens is 220 g/mol. The second-order valence-electron chi connectivity index (χ2n) is 2.79. The SMILES string of the molecule is CCCCC(O)c1occc1Br. The topological polar surface area (TPSA) is 33.4 Å². The van der Waals surface area contributed by atoms with Crippen molar-refractivity contribution in [2.24, 2.45) is 0 Å². The summed E-state index contributed by atoms with van der Waals surface area (Å²) in [4.78, 5) is 0. The van der Waals surface area contributed by atoms with Crippen LogP contribution in [0.2, 0.25) is 0 Å². The van der Waals surface area contributed by atoms with Crippen LogP contribution in [-0.2, 0) is 0 Å². The van der Waals surface area contributed by atoms with Gasteiger partial charge in [-0.3, -0.25) is 0 Å². The van der Waals surface area contributed by atoms with Crippen LogP contribution in [-0.4, -0.2) is 5.11 Å². The first kappa shape index (κ1) is 9.81. The van der Waals surface area contributed by atoms with Gasteiger partial charge in [0.05, 0.1) is 10.7 Å². The molecular formula is C9H13BrO2. The molecule has 1 atom stereocenters. The van der Waals surface area contributed by atoms with Crippen molar-refractivity contribution in [1.29, 1.82) is 0 Å². The number of furan rings is 1. The molecule has 0 bridgehead atoms. The zero-order valence-corrected chi connectivity index (χ0v) is 8.67. The van der Waals surface area contributed by atoms with Crippen molar-refractivity contribution in [3.63, 3.8) is 0 Å². The van der Waals surface area contributed by atoms with Gasteiger partial charge in [-0.2, -0.15) is 0 Å². The monoisotopic (exact) mass is 232 g/mol. The Labute approximate surface area is 80.7 Å². The highest BCUT2D eigenvalue weighted by Crippen LogP contribution is 2.27. The third-order valence-electron chi connectivity index (χ3n) is 1.78. The average Bonchev–Trinajstić information content (AvgIpc) is 2.47. The van der Waals surface area contributed by atoms with Gasteiger partial charge < -0.3 is 9.52 Å². The zero-order valence-electron chi connectivity index (χ0n) is 7.09. The number of halogens is 1. The number of unbranched alkanes of at least 4 members (excludes halogenated alkanes) is 1. The summed E-state index contributed by atoms with van der Waals surface area (Å²) >= 11 is 3.31. The Bertz CT molecular complexity index is 232. The van der Waals surface area contributed by atoms with Crippen molar-refractivity contribution in [3.05, 3.63) is 22.6 Å². The minimum absolute atomic E-state index is 0.464. The summed E-state index contributed by atoms with van der Waals surface area (Å²) in [6.45, 7) is 2.10. The van der Waals surface area contributed by atoms with Crippen LogP contribution in [0.1, 0.15) is 38.1 Å². The van der Waals surface area contributed by atoms with Crippen LogP contribution in [0.25, 0.3) is 0 Å². The summed E-state index contributed by atoms with van der Waals surface area (Å²) in [6.07, 6.45) is 4.00. The van der Waals surface area contributed by atoms with Crippen LogP contribution in [0.4, 0.5) is 0 Å². The Balaban J connectivity index is 2.52. The molecule has 0 aliphatic heterocycles. The molecule has 2 nitrogen and oxygen atoms in total. The molecule has 0 aromatic carbocycles. The van der Waals surface area contributed by atoms with Crippen molar-refractivity contribution in [2.45, 2.75) is 32.3 Å². The second-order valence-corrected chi connectivity index (χ2v) is 3.65. The molecule has 12 heavy (non-hydrogen) atoms. The molecule has 0 saturated heterocycles. The van der Waals surface area contributed by atoms with E-state index in [1.54, 1.807) is 12.3 Å². The van der Waals surface area contributed by atoms with Crippen molar-refractivity contribution >= 4 is 15.9 Å². The molecule has 1 aromatic rings. The van der Waals surface area contributed by atoms with Crippen LogP contribution < -0.4 is 0 Å². The van der Waals surface area contributed by atoms with Crippen LogP contribution >= 0.6 is 15.9 Å². The first-order valence-corrected chi connectivity index (χ1v) is 4.96. The standard InChI is InChI=1S/C9H13BrO2/c1-2-3-4-8(11)9-7(10)5-6-12-9/h5-6,8,11H,2-4H2,1H3. The van der Waals surface area contributed by atoms with Gasteiger partial charge in [0.1, 0.15) is 11.9 Å². The highest BCUT2D eigenvalue weighted by atomic mass is 79.9. The van der Waals surface area contributed by atoms with E-state index < -0.39 is 6.10 Å². The second kappa shape index (κ2) is 4.67. The van der Waals surface area contributed by atoms with Gasteiger partial charge in [-0.15, -0.1) is 0 Å². The fourth-order valence-electron chi connectivity index (χ4n) is 1.07. The lowest BCUT2D eigenvalue weighted by Crippen LogP contribution is -1.95. The van der Waals surface area contributed by atoms with Gasteiger partial charge in [-0.05, 0) is 28.4 Å². The number of aliphatic hydroxyl groups excluding tert-OH is 1. The molecule has 1 aromatic heterocycles. The van der Waals surface area contributed by atoms with E-state index in [0.717, 1.165) is 23.7 Å². The van der Waals surface area contributed by atoms with Crippen LogP contribution in [0.3, 0.4) is 0 Å². The number of rotatable bonds is 4. The van der Waals surface area contributed by atoms with E-state index in [-0.39, 0.29) is 0 Å². The molecule has 3 heteroatoms. The molecule has 0 aliphatic carbocycles. The van der Waals surface area contributed by atoms with E-state index in [1.165, 1.54) is 0 Å². The van der Waals surface area contributed by atoms with E-state index >= 15 is 0 Å². The molecule has 0 amide bonds. The summed E-state index contributed by atoms with van der Waals surface area (Å²) in [5, 5.41) is 9.60. The maximum Gasteiger partial charge on any atom is 0.146 e. The Morgan fingerprint density at radius 1 is 1.67 bits per heavy atom. The van der Waals surface area contributed by atoms with Crippen molar-refractivity contribution in [1.82, 2.24) is 0 Å². The normalized spacial score (nSPS) is 13.2. The molecule has 1 rings (SSSR count). The quantitative estimate of drug-likeness (QED) is 0.865. The third-order valence-corrected chi connectivity index (χ3v) is 2.43. The highest BCUT2D eigenvalue weighted by molar-refractivity contribution is 9.10. The van der Waals surface area contributed by atoms with Crippen LogP contribution in [0.5, 0.6) is 0 Å². The maximum absolute atomic E-state index is 9.60. The number of hydrogen-bond donors (Lipinski definition) is 1. The minimum atomic E-state index is -0.464. The Kier molecular flexibility index (Phi) is 3.82. The lowest BCUT2D eigenvalue weighted by Gasteiger charge is -2.06. The minimum Gasteiger partial charge on any atom is -0.465 e. The Morgan fingerprint density at radius 3 is 2.92 bits per heavy atom. The molecule has 0 radical (unpaired) electrons. The van der Waals surface area contributed by atoms with Crippen LogP contribution in [0, 0.1) is 0 Å². The first-order chi connectivity index (χ1) is 5.75. The van der Waals surface area contributed by atoms with Gasteiger partial charge in [0.15, 0.2) is 0 Å². The molecule has 0 aliphatic rings. The molecule has 68 valence electrons. The lowest BCUT2D eigenvalue weighted by molar-refractivity contribution is 0.136. The van der Waals surface area contributed by atoms with E-state index in [0.29, 0.717) is 5.76 Å². The average molecular weight is 233 g/mol. The van der Waals surface area contributed by atoms with Gasteiger partial charge in [0.25, 0.3) is 0 Å². The largest absolute Gasteiger partial charge is 0.465 e. The molecule has 1 heterocycles. The fraction of sp³-hybridized carbons (Fsp3) is 0.556. The van der Waals surface area contributed by atoms with E-state index in [2.05, 4.69) is 22.9 Å². The number of aliphatic hydroxyl groups is 1. The van der Waals surface area contributed by atoms with Gasteiger partial charge in [0.2, 0.25) is 0 Å². The van der Waals surface area contributed by atoms with Crippen molar-refractivity contribution < 1.29 is 9.52 Å². The maximum atomic E-state index is 9.60. The van der Waals surface area contributed by atoms with Crippen molar-refractivity contribution in [2.75, 3.05) is 0 Å². The predicted molar refractivity (Wildman–Crippen MR) is 50.9 cm³/mol. The van der Waals surface area contributed by atoms with Crippen LogP contribution in [0.15, 0.2) is 21.2 Å². The predicted octanol–water partition coefficient (Wildman–Crippen LogP) is 3.27. The summed E-state index contributed by atoms with van der Waals surface area (Å²) in [7, 11) is 0. The highest BCUT2D eigenvalue weighted by Gasteiger charge is 2.13. The zero-order chi connectivity index (χ0) is 8.97. The Hall–Kier alpha value is -0.280. The lowest BCUT2D eigenvalue weighted by atomic mass is 10.1. The van der Waals surface area contributed by atoms with E-state index in [4.69, 9.17) is 4.42 Å². The summed E-state index contributed by atoms with van der Waals surface area (Å²) in [5.74, 6) is 0.642. The summed E-state index contributed by atoms with van der Waals surface area (Å²) < 4.78 is 5.98. The third kappa shape index (κ3) is 2.35. The van der Waals surface area contributed by atoms with E-state index in [9.17, 15) is 5.11 Å². The van der Waals surface area contributed by atoms with Gasteiger partial charge in [-0.25, -0.2) is 0 Å². The molecule has 0 saturated carbocycles. The summed E-state index contributed by atoms with van der Waals surface area (Å²) in [6, 6.07) is 1.80. The molecule has 1 unspecified atom stereocenters. The number of hydrogen-bond acceptors (Lipinski definition) is 2. The Morgan fingerprint density at radius 2 is 2.42 bits per heavy atom. The van der Waals surface area contributed by atoms with Gasteiger partial charge >= 0.3 is 0 Å². The molecule has 0 spiro atoms. The van der Waals surface area contributed by atoms with Crippen molar-refractivity contribution in [3.8, 4) is 0 Å². The molecule has 1 N–H and O–H groups in total.